The minimum absolute atomic E-state index is 0.133. The van der Waals surface area contributed by atoms with Crippen molar-refractivity contribution in [3.05, 3.63) is 64.2 Å². The van der Waals surface area contributed by atoms with Crippen molar-refractivity contribution < 1.29 is 4.79 Å². The Kier molecular flexibility index (Phi) is 4.61. The molecule has 2 aromatic carbocycles. The summed E-state index contributed by atoms with van der Waals surface area (Å²) in [6.45, 7) is 1.88. The molecule has 0 saturated carbocycles. The zero-order valence-corrected chi connectivity index (χ0v) is 12.8. The standard InChI is InChI=1S/C15H13BrClNO/c1-10-7-12(5-6-14(10)17)15(19)18-13-4-2-3-11(8-13)9-16/h2-8H,9H2,1H3,(H,18,19). The van der Waals surface area contributed by atoms with Crippen LogP contribution in [0.5, 0.6) is 0 Å². The van der Waals surface area contributed by atoms with Crippen LogP contribution in [0.1, 0.15) is 21.5 Å². The zero-order valence-electron chi connectivity index (χ0n) is 10.4. The van der Waals surface area contributed by atoms with Gasteiger partial charge in [0.05, 0.1) is 0 Å². The molecule has 0 radical (unpaired) electrons. The Bertz CT molecular complexity index is 613. The van der Waals surface area contributed by atoms with Crippen LogP contribution in [0.2, 0.25) is 5.02 Å². The number of hydrogen-bond donors (Lipinski definition) is 1. The summed E-state index contributed by atoms with van der Waals surface area (Å²) < 4.78 is 0. The third kappa shape index (κ3) is 3.58. The van der Waals surface area contributed by atoms with E-state index in [9.17, 15) is 4.79 Å². The maximum Gasteiger partial charge on any atom is 0.255 e. The van der Waals surface area contributed by atoms with Gasteiger partial charge in [0.2, 0.25) is 0 Å². The summed E-state index contributed by atoms with van der Waals surface area (Å²) in [5.41, 5.74) is 3.40. The second kappa shape index (κ2) is 6.22. The minimum atomic E-state index is -0.133. The van der Waals surface area contributed by atoms with E-state index in [0.717, 1.165) is 22.1 Å². The van der Waals surface area contributed by atoms with Crippen LogP contribution >= 0.6 is 27.5 Å². The second-order valence-electron chi connectivity index (χ2n) is 4.25. The van der Waals surface area contributed by atoms with Gasteiger partial charge < -0.3 is 5.32 Å². The Morgan fingerprint density at radius 2 is 2.05 bits per heavy atom. The number of carbonyl (C=O) groups excluding carboxylic acids is 1. The molecule has 0 saturated heterocycles. The molecule has 0 aromatic heterocycles. The lowest BCUT2D eigenvalue weighted by Crippen LogP contribution is -2.12. The smallest absolute Gasteiger partial charge is 0.255 e. The molecule has 98 valence electrons. The van der Waals surface area contributed by atoms with Gasteiger partial charge in [0.1, 0.15) is 0 Å². The first-order valence-corrected chi connectivity index (χ1v) is 7.32. The van der Waals surface area contributed by atoms with E-state index in [0.29, 0.717) is 10.6 Å². The van der Waals surface area contributed by atoms with Crippen molar-refractivity contribution in [1.29, 1.82) is 0 Å². The normalized spacial score (nSPS) is 10.3. The lowest BCUT2D eigenvalue weighted by atomic mass is 10.1. The number of amides is 1. The second-order valence-corrected chi connectivity index (χ2v) is 5.22. The van der Waals surface area contributed by atoms with Crippen molar-refractivity contribution >= 4 is 39.1 Å². The molecule has 19 heavy (non-hydrogen) atoms. The molecule has 0 aliphatic carbocycles. The van der Waals surface area contributed by atoms with E-state index in [2.05, 4.69) is 21.2 Å². The van der Waals surface area contributed by atoms with Crippen LogP contribution in [-0.2, 0) is 5.33 Å². The predicted molar refractivity (Wildman–Crippen MR) is 83.2 cm³/mol. The first kappa shape index (κ1) is 14.1. The van der Waals surface area contributed by atoms with Crippen LogP contribution in [0.4, 0.5) is 5.69 Å². The van der Waals surface area contributed by atoms with Gasteiger partial charge in [-0.2, -0.15) is 0 Å². The van der Waals surface area contributed by atoms with Crippen molar-refractivity contribution in [2.45, 2.75) is 12.3 Å². The summed E-state index contributed by atoms with van der Waals surface area (Å²) in [4.78, 5) is 12.1. The average molecular weight is 339 g/mol. The number of carbonyl (C=O) groups is 1. The molecular weight excluding hydrogens is 326 g/mol. The number of aryl methyl sites for hydroxylation is 1. The van der Waals surface area contributed by atoms with E-state index in [1.54, 1.807) is 18.2 Å². The average Bonchev–Trinajstić information content (AvgIpc) is 2.42. The number of alkyl halides is 1. The van der Waals surface area contributed by atoms with Crippen molar-refractivity contribution in [2.75, 3.05) is 5.32 Å². The summed E-state index contributed by atoms with van der Waals surface area (Å²) in [6.07, 6.45) is 0. The molecule has 0 atom stereocenters. The molecule has 0 unspecified atom stereocenters. The van der Waals surface area contributed by atoms with Crippen LogP contribution in [0.3, 0.4) is 0 Å². The van der Waals surface area contributed by atoms with E-state index >= 15 is 0 Å². The quantitative estimate of drug-likeness (QED) is 0.801. The van der Waals surface area contributed by atoms with Gasteiger partial charge >= 0.3 is 0 Å². The van der Waals surface area contributed by atoms with Crippen molar-refractivity contribution in [2.24, 2.45) is 0 Å². The number of benzene rings is 2. The first-order valence-electron chi connectivity index (χ1n) is 5.82. The van der Waals surface area contributed by atoms with Gasteiger partial charge in [0.15, 0.2) is 0 Å². The summed E-state index contributed by atoms with van der Waals surface area (Å²) in [5.74, 6) is -0.133. The summed E-state index contributed by atoms with van der Waals surface area (Å²) >= 11 is 9.34. The highest BCUT2D eigenvalue weighted by molar-refractivity contribution is 9.08. The fourth-order valence-electron chi connectivity index (χ4n) is 1.72. The molecule has 4 heteroatoms. The highest BCUT2D eigenvalue weighted by Gasteiger charge is 2.07. The molecule has 2 nitrogen and oxygen atoms in total. The van der Waals surface area contributed by atoms with Crippen LogP contribution < -0.4 is 5.32 Å². The van der Waals surface area contributed by atoms with Gasteiger partial charge in [-0.05, 0) is 48.4 Å². The first-order chi connectivity index (χ1) is 9.10. The summed E-state index contributed by atoms with van der Waals surface area (Å²) in [5, 5.41) is 4.30. The van der Waals surface area contributed by atoms with Crippen molar-refractivity contribution in [1.82, 2.24) is 0 Å². The fraction of sp³-hybridized carbons (Fsp3) is 0.133. The molecule has 2 aromatic rings. The lowest BCUT2D eigenvalue weighted by Gasteiger charge is -2.07. The number of rotatable bonds is 3. The molecule has 1 N–H and O–H groups in total. The number of anilines is 1. The predicted octanol–water partition coefficient (Wildman–Crippen LogP) is 4.80. The Hall–Kier alpha value is -1.32. The molecule has 1 amide bonds. The molecule has 0 aliphatic rings. The maximum atomic E-state index is 12.1. The van der Waals surface area contributed by atoms with Gasteiger partial charge in [-0.1, -0.05) is 39.7 Å². The highest BCUT2D eigenvalue weighted by Crippen LogP contribution is 2.18. The molecule has 2 rings (SSSR count). The van der Waals surface area contributed by atoms with Gasteiger partial charge in [-0.15, -0.1) is 0 Å². The lowest BCUT2D eigenvalue weighted by molar-refractivity contribution is 0.102. The fourth-order valence-corrected chi connectivity index (χ4v) is 2.19. The largest absolute Gasteiger partial charge is 0.322 e. The van der Waals surface area contributed by atoms with Crippen LogP contribution in [0, 0.1) is 6.92 Å². The van der Waals surface area contributed by atoms with E-state index in [1.165, 1.54) is 0 Å². The zero-order chi connectivity index (χ0) is 13.8. The molecule has 0 spiro atoms. The van der Waals surface area contributed by atoms with Gasteiger partial charge in [0, 0.05) is 21.6 Å². The van der Waals surface area contributed by atoms with Gasteiger partial charge in [-0.3, -0.25) is 4.79 Å². The number of hydrogen-bond acceptors (Lipinski definition) is 1. The van der Waals surface area contributed by atoms with Gasteiger partial charge in [0.25, 0.3) is 5.91 Å². The molecule has 0 bridgehead atoms. The highest BCUT2D eigenvalue weighted by atomic mass is 79.9. The third-order valence-corrected chi connectivity index (χ3v) is 3.83. The van der Waals surface area contributed by atoms with E-state index in [-0.39, 0.29) is 5.91 Å². The Balaban J connectivity index is 2.18. The van der Waals surface area contributed by atoms with Crippen LogP contribution in [-0.4, -0.2) is 5.91 Å². The Labute approximate surface area is 125 Å². The molecule has 0 fully saturated rings. The Morgan fingerprint density at radius 1 is 1.26 bits per heavy atom. The molecule has 0 aliphatic heterocycles. The number of halogens is 2. The SMILES string of the molecule is Cc1cc(C(=O)Nc2cccc(CBr)c2)ccc1Cl. The Morgan fingerprint density at radius 3 is 2.74 bits per heavy atom. The van der Waals surface area contributed by atoms with Crippen molar-refractivity contribution in [3.8, 4) is 0 Å². The topological polar surface area (TPSA) is 29.1 Å². The van der Waals surface area contributed by atoms with Gasteiger partial charge in [-0.25, -0.2) is 0 Å². The monoisotopic (exact) mass is 337 g/mol. The van der Waals surface area contributed by atoms with Crippen LogP contribution in [0.15, 0.2) is 42.5 Å². The van der Waals surface area contributed by atoms with E-state index in [4.69, 9.17) is 11.6 Å². The van der Waals surface area contributed by atoms with E-state index in [1.807, 2.05) is 31.2 Å². The third-order valence-electron chi connectivity index (χ3n) is 2.76. The number of nitrogens with one attached hydrogen (secondary N) is 1. The minimum Gasteiger partial charge on any atom is -0.322 e. The van der Waals surface area contributed by atoms with E-state index < -0.39 is 0 Å². The molecular formula is C15H13BrClNO. The molecule has 0 heterocycles. The maximum absolute atomic E-state index is 12.1. The van der Waals surface area contributed by atoms with Crippen molar-refractivity contribution in [3.63, 3.8) is 0 Å². The van der Waals surface area contributed by atoms with Crippen LogP contribution in [0.25, 0.3) is 0 Å². The summed E-state index contributed by atoms with van der Waals surface area (Å²) in [7, 11) is 0. The summed E-state index contributed by atoms with van der Waals surface area (Å²) in [6, 6.07) is 13.0.